The van der Waals surface area contributed by atoms with Crippen molar-refractivity contribution in [1.29, 1.82) is 0 Å². The smallest absolute Gasteiger partial charge is 0.205 e. The SMILES string of the molecule is COc1ccc(Nc2ccccc2Nc2ccc(OC)c(OC)c2OC)cc1. The van der Waals surface area contributed by atoms with Gasteiger partial charge in [0.2, 0.25) is 5.75 Å². The standard InChI is InChI=1S/C22H24N2O4/c1-25-16-11-9-15(10-12-16)23-17-7-5-6-8-18(17)24-19-13-14-20(26-2)22(28-4)21(19)27-3/h5-14,23-24H,1-4H3. The Bertz CT molecular complexity index is 926. The van der Waals surface area contributed by atoms with E-state index >= 15 is 0 Å². The van der Waals surface area contributed by atoms with E-state index in [0.29, 0.717) is 17.2 Å². The molecule has 0 aliphatic heterocycles. The van der Waals surface area contributed by atoms with Gasteiger partial charge in [-0.2, -0.15) is 0 Å². The molecule has 0 bridgehead atoms. The van der Waals surface area contributed by atoms with E-state index in [-0.39, 0.29) is 0 Å². The summed E-state index contributed by atoms with van der Waals surface area (Å²) in [5, 5.41) is 6.83. The molecule has 0 atom stereocenters. The molecule has 0 aliphatic rings. The van der Waals surface area contributed by atoms with Gasteiger partial charge in [0.25, 0.3) is 0 Å². The van der Waals surface area contributed by atoms with E-state index in [1.165, 1.54) is 0 Å². The molecule has 0 spiro atoms. The van der Waals surface area contributed by atoms with Gasteiger partial charge in [0, 0.05) is 5.69 Å². The first kappa shape index (κ1) is 19.2. The maximum absolute atomic E-state index is 5.56. The van der Waals surface area contributed by atoms with Crippen LogP contribution in [0.5, 0.6) is 23.0 Å². The molecule has 0 saturated carbocycles. The summed E-state index contributed by atoms with van der Waals surface area (Å²) in [5.41, 5.74) is 3.53. The molecule has 3 aromatic carbocycles. The molecule has 3 rings (SSSR count). The Hall–Kier alpha value is -3.54. The van der Waals surface area contributed by atoms with Crippen LogP contribution >= 0.6 is 0 Å². The molecule has 28 heavy (non-hydrogen) atoms. The third-order valence-corrected chi connectivity index (χ3v) is 4.27. The zero-order valence-corrected chi connectivity index (χ0v) is 16.4. The molecule has 2 N–H and O–H groups in total. The van der Waals surface area contributed by atoms with Gasteiger partial charge < -0.3 is 29.6 Å². The minimum absolute atomic E-state index is 0.538. The number of hydrogen-bond donors (Lipinski definition) is 2. The van der Waals surface area contributed by atoms with Crippen molar-refractivity contribution in [1.82, 2.24) is 0 Å². The summed E-state index contributed by atoms with van der Waals surface area (Å²) in [6.07, 6.45) is 0. The molecule has 3 aromatic rings. The van der Waals surface area contributed by atoms with E-state index in [1.807, 2.05) is 60.7 Å². The lowest BCUT2D eigenvalue weighted by molar-refractivity contribution is 0.325. The van der Waals surface area contributed by atoms with Gasteiger partial charge in [0.15, 0.2) is 11.5 Å². The monoisotopic (exact) mass is 380 g/mol. The van der Waals surface area contributed by atoms with E-state index in [0.717, 1.165) is 28.5 Å². The molecule has 0 aliphatic carbocycles. The zero-order valence-electron chi connectivity index (χ0n) is 16.4. The predicted octanol–water partition coefficient (Wildman–Crippen LogP) is 5.21. The van der Waals surface area contributed by atoms with Crippen LogP contribution in [0.2, 0.25) is 0 Å². The third kappa shape index (κ3) is 4.06. The van der Waals surface area contributed by atoms with Gasteiger partial charge in [-0.1, -0.05) is 12.1 Å². The second kappa shape index (κ2) is 8.90. The van der Waals surface area contributed by atoms with Crippen molar-refractivity contribution < 1.29 is 18.9 Å². The number of hydrogen-bond acceptors (Lipinski definition) is 6. The average molecular weight is 380 g/mol. The number of methoxy groups -OCH3 is 4. The van der Waals surface area contributed by atoms with Crippen LogP contribution in [0.4, 0.5) is 22.7 Å². The van der Waals surface area contributed by atoms with Gasteiger partial charge in [0.1, 0.15) is 5.75 Å². The molecule has 0 radical (unpaired) electrons. The lowest BCUT2D eigenvalue weighted by atomic mass is 10.2. The van der Waals surface area contributed by atoms with Crippen LogP contribution in [0.15, 0.2) is 60.7 Å². The second-order valence-corrected chi connectivity index (χ2v) is 5.91. The molecule has 0 fully saturated rings. The number of ether oxygens (including phenoxy) is 4. The summed E-state index contributed by atoms with van der Waals surface area (Å²) in [7, 11) is 6.43. The van der Waals surface area contributed by atoms with E-state index < -0.39 is 0 Å². The fourth-order valence-corrected chi connectivity index (χ4v) is 2.88. The molecule has 0 amide bonds. The topological polar surface area (TPSA) is 61.0 Å². The van der Waals surface area contributed by atoms with Crippen LogP contribution in [0.1, 0.15) is 0 Å². The average Bonchev–Trinajstić information content (AvgIpc) is 2.75. The number of benzene rings is 3. The molecule has 6 heteroatoms. The highest BCUT2D eigenvalue weighted by Crippen LogP contribution is 2.44. The van der Waals surface area contributed by atoms with Crippen molar-refractivity contribution >= 4 is 22.7 Å². The zero-order chi connectivity index (χ0) is 19.9. The maximum atomic E-state index is 5.56. The van der Waals surface area contributed by atoms with Gasteiger partial charge in [-0.05, 0) is 48.5 Å². The molecule has 0 unspecified atom stereocenters. The quantitative estimate of drug-likeness (QED) is 0.559. The van der Waals surface area contributed by atoms with Crippen molar-refractivity contribution in [2.75, 3.05) is 39.1 Å². The fraction of sp³-hybridized carbons (Fsp3) is 0.182. The highest BCUT2D eigenvalue weighted by Gasteiger charge is 2.16. The summed E-state index contributed by atoms with van der Waals surface area (Å²) in [5.74, 6) is 2.53. The third-order valence-electron chi connectivity index (χ3n) is 4.27. The van der Waals surface area contributed by atoms with Crippen molar-refractivity contribution in [2.24, 2.45) is 0 Å². The van der Waals surface area contributed by atoms with Gasteiger partial charge in [-0.25, -0.2) is 0 Å². The first-order chi connectivity index (χ1) is 13.7. The Morgan fingerprint density at radius 1 is 0.536 bits per heavy atom. The van der Waals surface area contributed by atoms with Crippen molar-refractivity contribution in [3.05, 3.63) is 60.7 Å². The first-order valence-corrected chi connectivity index (χ1v) is 8.76. The largest absolute Gasteiger partial charge is 0.497 e. The van der Waals surface area contributed by atoms with E-state index in [4.69, 9.17) is 18.9 Å². The fourth-order valence-electron chi connectivity index (χ4n) is 2.88. The second-order valence-electron chi connectivity index (χ2n) is 5.91. The molecule has 146 valence electrons. The maximum Gasteiger partial charge on any atom is 0.205 e. The Morgan fingerprint density at radius 3 is 1.75 bits per heavy atom. The highest BCUT2D eigenvalue weighted by atomic mass is 16.5. The van der Waals surface area contributed by atoms with Crippen LogP contribution in [0, 0.1) is 0 Å². The molecule has 0 heterocycles. The van der Waals surface area contributed by atoms with Crippen LogP contribution in [-0.2, 0) is 0 Å². The van der Waals surface area contributed by atoms with Crippen molar-refractivity contribution in [3.63, 3.8) is 0 Å². The summed E-state index contributed by atoms with van der Waals surface area (Å²) >= 11 is 0. The molecule has 0 aromatic heterocycles. The summed E-state index contributed by atoms with van der Waals surface area (Å²) in [4.78, 5) is 0. The van der Waals surface area contributed by atoms with Gasteiger partial charge >= 0.3 is 0 Å². The van der Waals surface area contributed by atoms with Crippen molar-refractivity contribution in [2.45, 2.75) is 0 Å². The minimum atomic E-state index is 0.538. The molecule has 6 nitrogen and oxygen atoms in total. The van der Waals surface area contributed by atoms with E-state index in [2.05, 4.69) is 10.6 Å². The Kier molecular flexibility index (Phi) is 6.11. The highest BCUT2D eigenvalue weighted by molar-refractivity contribution is 5.81. The number of rotatable bonds is 8. The molecular formula is C22H24N2O4. The van der Waals surface area contributed by atoms with Crippen molar-refractivity contribution in [3.8, 4) is 23.0 Å². The van der Waals surface area contributed by atoms with Gasteiger partial charge in [-0.3, -0.25) is 0 Å². The lowest BCUT2D eigenvalue weighted by Crippen LogP contribution is -2.01. The van der Waals surface area contributed by atoms with E-state index in [9.17, 15) is 0 Å². The summed E-state index contributed by atoms with van der Waals surface area (Å²) in [6.45, 7) is 0. The lowest BCUT2D eigenvalue weighted by Gasteiger charge is -2.19. The Labute approximate surface area is 165 Å². The predicted molar refractivity (Wildman–Crippen MR) is 112 cm³/mol. The minimum Gasteiger partial charge on any atom is -0.497 e. The van der Waals surface area contributed by atoms with Gasteiger partial charge in [0.05, 0.1) is 45.5 Å². The number of nitrogens with one attached hydrogen (secondary N) is 2. The van der Waals surface area contributed by atoms with Gasteiger partial charge in [-0.15, -0.1) is 0 Å². The van der Waals surface area contributed by atoms with Crippen LogP contribution in [0.25, 0.3) is 0 Å². The number of anilines is 4. The van der Waals surface area contributed by atoms with Crippen LogP contribution in [0.3, 0.4) is 0 Å². The Morgan fingerprint density at radius 2 is 1.18 bits per heavy atom. The molecular weight excluding hydrogens is 356 g/mol. The molecule has 0 saturated heterocycles. The first-order valence-electron chi connectivity index (χ1n) is 8.76. The Balaban J connectivity index is 1.91. The summed E-state index contributed by atoms with van der Waals surface area (Å²) < 4.78 is 21.6. The number of para-hydroxylation sites is 2. The van der Waals surface area contributed by atoms with Crippen LogP contribution < -0.4 is 29.6 Å². The van der Waals surface area contributed by atoms with E-state index in [1.54, 1.807) is 28.4 Å². The van der Waals surface area contributed by atoms with Crippen LogP contribution in [-0.4, -0.2) is 28.4 Å². The normalized spacial score (nSPS) is 10.1. The summed E-state index contributed by atoms with van der Waals surface area (Å²) in [6, 6.07) is 19.4.